The molecule has 1 aliphatic rings. The van der Waals surface area contributed by atoms with Crippen LogP contribution in [-0.2, 0) is 14.8 Å². The zero-order valence-corrected chi connectivity index (χ0v) is 17.7. The van der Waals surface area contributed by atoms with Gasteiger partial charge in [0.2, 0.25) is 15.9 Å². The predicted molar refractivity (Wildman–Crippen MR) is 111 cm³/mol. The Morgan fingerprint density at radius 1 is 1.33 bits per heavy atom. The molecule has 0 aliphatic carbocycles. The number of piperidine rings is 1. The molecule has 1 saturated heterocycles. The second-order valence-electron chi connectivity index (χ2n) is 7.02. The number of likely N-dealkylation sites (tertiary alicyclic amines) is 1. The first-order valence-corrected chi connectivity index (χ1v) is 11.8. The zero-order chi connectivity index (χ0) is 19.9. The molecule has 0 aromatic heterocycles. The number of anilines is 1. The monoisotopic (exact) mass is 415 g/mol. The molecule has 152 valence electrons. The smallest absolute Gasteiger partial charge is 0.240 e. The van der Waals surface area contributed by atoms with Crippen LogP contribution in [0.4, 0.5) is 5.69 Å². The van der Waals surface area contributed by atoms with Gasteiger partial charge in [0.15, 0.2) is 0 Å². The maximum absolute atomic E-state index is 12.3. The Labute approximate surface area is 167 Å². The average Bonchev–Trinajstić information content (AvgIpc) is 2.63. The van der Waals surface area contributed by atoms with Gasteiger partial charge in [-0.3, -0.25) is 9.10 Å². The summed E-state index contributed by atoms with van der Waals surface area (Å²) in [6.45, 7) is 4.56. The van der Waals surface area contributed by atoms with E-state index in [1.54, 1.807) is 24.3 Å². The van der Waals surface area contributed by atoms with E-state index in [0.717, 1.165) is 36.5 Å². The third kappa shape index (κ3) is 6.66. The van der Waals surface area contributed by atoms with E-state index in [2.05, 4.69) is 17.1 Å². The van der Waals surface area contributed by atoms with E-state index < -0.39 is 10.0 Å². The van der Waals surface area contributed by atoms with E-state index in [1.165, 1.54) is 19.3 Å². The van der Waals surface area contributed by atoms with Gasteiger partial charge in [-0.05, 0) is 44.4 Å². The zero-order valence-electron chi connectivity index (χ0n) is 16.2. The Balaban J connectivity index is 1.85. The summed E-state index contributed by atoms with van der Waals surface area (Å²) < 4.78 is 25.3. The number of benzene rings is 1. The fraction of sp³-hybridized carbons (Fsp3) is 0.632. The molecular formula is C19H30ClN3O3S. The molecule has 27 heavy (non-hydrogen) atoms. The molecule has 0 spiro atoms. The number of carbonyl (C=O) groups excluding carboxylic acids is 1. The van der Waals surface area contributed by atoms with Gasteiger partial charge >= 0.3 is 0 Å². The van der Waals surface area contributed by atoms with Gasteiger partial charge in [0.05, 0.1) is 17.0 Å². The summed E-state index contributed by atoms with van der Waals surface area (Å²) in [4.78, 5) is 14.8. The fourth-order valence-electron chi connectivity index (χ4n) is 3.55. The first-order valence-electron chi connectivity index (χ1n) is 9.56. The Morgan fingerprint density at radius 2 is 2.07 bits per heavy atom. The number of carbonyl (C=O) groups is 1. The normalized spacial score (nSPS) is 18.3. The molecule has 1 atom stereocenters. The number of halogens is 1. The number of nitrogens with one attached hydrogen (secondary N) is 1. The molecule has 0 bridgehead atoms. The van der Waals surface area contributed by atoms with Gasteiger partial charge in [-0.25, -0.2) is 8.42 Å². The molecule has 1 aliphatic heterocycles. The third-order valence-corrected chi connectivity index (χ3v) is 6.42. The van der Waals surface area contributed by atoms with Crippen LogP contribution in [0.25, 0.3) is 0 Å². The largest absolute Gasteiger partial charge is 0.354 e. The van der Waals surface area contributed by atoms with Crippen LogP contribution in [0.1, 0.15) is 39.0 Å². The summed E-state index contributed by atoms with van der Waals surface area (Å²) in [5, 5.41) is 3.13. The van der Waals surface area contributed by atoms with Crippen LogP contribution in [0.15, 0.2) is 24.3 Å². The number of nitrogens with zero attached hydrogens (tertiary/aromatic N) is 2. The second kappa shape index (κ2) is 10.3. The predicted octanol–water partition coefficient (Wildman–Crippen LogP) is 2.88. The summed E-state index contributed by atoms with van der Waals surface area (Å²) in [5.74, 6) is -0.328. The Morgan fingerprint density at radius 3 is 2.74 bits per heavy atom. The van der Waals surface area contributed by atoms with E-state index in [4.69, 9.17) is 11.6 Å². The van der Waals surface area contributed by atoms with Gasteiger partial charge < -0.3 is 10.2 Å². The molecular weight excluding hydrogens is 386 g/mol. The molecule has 1 heterocycles. The number of para-hydroxylation sites is 1. The van der Waals surface area contributed by atoms with Crippen molar-refractivity contribution < 1.29 is 13.2 Å². The molecule has 0 radical (unpaired) electrons. The van der Waals surface area contributed by atoms with Gasteiger partial charge in [0, 0.05) is 19.1 Å². The standard InChI is InChI=1S/C19H30ClN3O3S/c1-3-16-9-6-7-13-22(16)14-8-12-21-19(24)15-23(27(2,25)26)18-11-5-4-10-17(18)20/h4-5,10-11,16H,3,6-9,12-15H2,1-2H3,(H,21,24). The minimum absolute atomic E-state index is 0.274. The molecule has 8 heteroatoms. The number of sulfonamides is 1. The lowest BCUT2D eigenvalue weighted by Gasteiger charge is -2.35. The minimum atomic E-state index is -3.61. The molecule has 1 fully saturated rings. The van der Waals surface area contributed by atoms with Gasteiger partial charge in [-0.2, -0.15) is 0 Å². The van der Waals surface area contributed by atoms with Crippen molar-refractivity contribution in [3.05, 3.63) is 29.3 Å². The Hall–Kier alpha value is -1.31. The van der Waals surface area contributed by atoms with Crippen LogP contribution >= 0.6 is 11.6 Å². The Kier molecular flexibility index (Phi) is 8.38. The highest BCUT2D eigenvalue weighted by Gasteiger charge is 2.23. The van der Waals surface area contributed by atoms with Crippen LogP contribution in [0.2, 0.25) is 5.02 Å². The van der Waals surface area contributed by atoms with Crippen molar-refractivity contribution in [3.63, 3.8) is 0 Å². The average molecular weight is 416 g/mol. The van der Waals surface area contributed by atoms with Crippen LogP contribution in [0.3, 0.4) is 0 Å². The fourth-order valence-corrected chi connectivity index (χ4v) is 4.70. The van der Waals surface area contributed by atoms with E-state index >= 15 is 0 Å². The molecule has 6 nitrogen and oxygen atoms in total. The maximum atomic E-state index is 12.3. The highest BCUT2D eigenvalue weighted by molar-refractivity contribution is 7.92. The lowest BCUT2D eigenvalue weighted by Crippen LogP contribution is -2.42. The van der Waals surface area contributed by atoms with E-state index in [-0.39, 0.29) is 12.5 Å². The first-order chi connectivity index (χ1) is 12.8. The highest BCUT2D eigenvalue weighted by Crippen LogP contribution is 2.26. The SMILES string of the molecule is CCC1CCCCN1CCCNC(=O)CN(c1ccccc1Cl)S(C)(=O)=O. The van der Waals surface area contributed by atoms with Crippen LogP contribution in [-0.4, -0.2) is 57.7 Å². The van der Waals surface area contributed by atoms with Crippen molar-refractivity contribution in [1.82, 2.24) is 10.2 Å². The third-order valence-electron chi connectivity index (χ3n) is 4.97. The van der Waals surface area contributed by atoms with Crippen molar-refractivity contribution in [3.8, 4) is 0 Å². The highest BCUT2D eigenvalue weighted by atomic mass is 35.5. The second-order valence-corrected chi connectivity index (χ2v) is 9.33. The number of hydrogen-bond acceptors (Lipinski definition) is 4. The van der Waals surface area contributed by atoms with Gasteiger partial charge in [0.1, 0.15) is 6.54 Å². The van der Waals surface area contributed by atoms with Crippen LogP contribution < -0.4 is 9.62 Å². The summed E-state index contributed by atoms with van der Waals surface area (Å²) in [7, 11) is -3.61. The van der Waals surface area contributed by atoms with Crippen molar-refractivity contribution in [1.29, 1.82) is 0 Å². The van der Waals surface area contributed by atoms with Crippen LogP contribution in [0.5, 0.6) is 0 Å². The summed E-state index contributed by atoms with van der Waals surface area (Å²) in [6, 6.07) is 7.26. The van der Waals surface area contributed by atoms with Gasteiger partial charge in [-0.15, -0.1) is 0 Å². The molecule has 2 rings (SSSR count). The molecule has 1 aromatic rings. The number of amides is 1. The molecule has 1 amide bonds. The van der Waals surface area contributed by atoms with Gasteiger partial charge in [0.25, 0.3) is 0 Å². The first kappa shape index (κ1) is 22.0. The maximum Gasteiger partial charge on any atom is 0.240 e. The van der Waals surface area contributed by atoms with E-state index in [0.29, 0.717) is 23.3 Å². The number of hydrogen-bond donors (Lipinski definition) is 1. The quantitative estimate of drug-likeness (QED) is 0.629. The molecule has 1 N–H and O–H groups in total. The minimum Gasteiger partial charge on any atom is -0.354 e. The van der Waals surface area contributed by atoms with Crippen molar-refractivity contribution in [2.45, 2.75) is 45.1 Å². The van der Waals surface area contributed by atoms with Crippen molar-refractivity contribution in [2.75, 3.05) is 36.7 Å². The molecule has 0 saturated carbocycles. The summed E-state index contributed by atoms with van der Waals surface area (Å²) in [6.07, 6.45) is 6.88. The topological polar surface area (TPSA) is 69.7 Å². The molecule has 1 unspecified atom stereocenters. The van der Waals surface area contributed by atoms with Gasteiger partial charge in [-0.1, -0.05) is 37.1 Å². The van der Waals surface area contributed by atoms with E-state index in [9.17, 15) is 13.2 Å². The lowest BCUT2D eigenvalue weighted by molar-refractivity contribution is -0.119. The summed E-state index contributed by atoms with van der Waals surface area (Å²) >= 11 is 6.11. The lowest BCUT2D eigenvalue weighted by atomic mass is 10.00. The molecule has 1 aromatic carbocycles. The summed E-state index contributed by atoms with van der Waals surface area (Å²) in [5.41, 5.74) is 0.316. The number of rotatable bonds is 9. The Bertz CT molecular complexity index is 727. The van der Waals surface area contributed by atoms with Crippen molar-refractivity contribution >= 4 is 33.2 Å². The van der Waals surface area contributed by atoms with E-state index in [1.807, 2.05) is 0 Å². The van der Waals surface area contributed by atoms with Crippen molar-refractivity contribution in [2.24, 2.45) is 0 Å². The van der Waals surface area contributed by atoms with Crippen LogP contribution in [0, 0.1) is 0 Å².